The van der Waals surface area contributed by atoms with E-state index in [-0.39, 0.29) is 11.2 Å². The zero-order valence-corrected chi connectivity index (χ0v) is 17.4. The third-order valence-electron chi connectivity index (χ3n) is 5.00. The Morgan fingerprint density at radius 1 is 1.10 bits per heavy atom. The number of benzene rings is 1. The predicted molar refractivity (Wildman–Crippen MR) is 112 cm³/mol. The van der Waals surface area contributed by atoms with Gasteiger partial charge in [-0.3, -0.25) is 9.36 Å². The smallest absolute Gasteiger partial charge is 0.310 e. The molecule has 0 aliphatic heterocycles. The third-order valence-corrected chi connectivity index (χ3v) is 5.00. The fraction of sp³-hybridized carbons (Fsp3) is 0.450. The van der Waals surface area contributed by atoms with E-state index in [1.807, 2.05) is 0 Å². The molecule has 3 rings (SSSR count). The van der Waals surface area contributed by atoms with Crippen LogP contribution in [0.15, 0.2) is 33.9 Å². The van der Waals surface area contributed by atoms with Crippen molar-refractivity contribution in [1.82, 2.24) is 34.5 Å². The minimum Gasteiger partial charge on any atom is -0.310 e. The summed E-state index contributed by atoms with van der Waals surface area (Å²) in [6, 6.07) is 5.34. The van der Waals surface area contributed by atoms with E-state index in [9.17, 15) is 14.0 Å². The zero-order valence-electron chi connectivity index (χ0n) is 17.4. The fourth-order valence-corrected chi connectivity index (χ4v) is 3.20. The molecule has 0 saturated heterocycles. The topological polar surface area (TPSA) is 97.9 Å². The van der Waals surface area contributed by atoms with Gasteiger partial charge in [0.05, 0.1) is 12.2 Å². The molecule has 2 aromatic heterocycles. The highest BCUT2D eigenvalue weighted by Crippen LogP contribution is 2.11. The van der Waals surface area contributed by atoms with Crippen LogP contribution in [-0.2, 0) is 13.6 Å². The van der Waals surface area contributed by atoms with E-state index in [4.69, 9.17) is 0 Å². The molecule has 1 aromatic carbocycles. The molecule has 0 spiro atoms. The van der Waals surface area contributed by atoms with Crippen molar-refractivity contribution in [3.63, 3.8) is 0 Å². The molecule has 10 heteroatoms. The van der Waals surface area contributed by atoms with Crippen LogP contribution in [-0.4, -0.2) is 55.4 Å². The van der Waals surface area contributed by atoms with E-state index in [1.54, 1.807) is 0 Å². The van der Waals surface area contributed by atoms with Crippen molar-refractivity contribution in [2.75, 3.05) is 26.2 Å². The number of hydrogen-bond acceptors (Lipinski definition) is 7. The summed E-state index contributed by atoms with van der Waals surface area (Å²) in [6.07, 6.45) is 0.981. The second-order valence-corrected chi connectivity index (χ2v) is 6.92. The molecule has 0 saturated carbocycles. The van der Waals surface area contributed by atoms with Gasteiger partial charge in [-0.15, -0.1) is 10.2 Å². The quantitative estimate of drug-likeness (QED) is 0.517. The SMILES string of the molecule is CCN(CC)CCCNCc1nnc2c(n1)c(=O)n(C)c(=O)n2-c1ccc(F)cc1. The molecule has 3 aromatic rings. The zero-order chi connectivity index (χ0) is 21.7. The van der Waals surface area contributed by atoms with Crippen molar-refractivity contribution in [3.8, 4) is 5.69 Å². The summed E-state index contributed by atoms with van der Waals surface area (Å²) >= 11 is 0. The molecule has 2 heterocycles. The third kappa shape index (κ3) is 4.60. The van der Waals surface area contributed by atoms with Crippen LogP contribution in [0, 0.1) is 5.82 Å². The van der Waals surface area contributed by atoms with Gasteiger partial charge in [-0.25, -0.2) is 18.7 Å². The first-order valence-electron chi connectivity index (χ1n) is 10.0. The maximum absolute atomic E-state index is 13.3. The maximum Gasteiger partial charge on any atom is 0.337 e. The molecule has 0 aliphatic rings. The van der Waals surface area contributed by atoms with Crippen molar-refractivity contribution < 1.29 is 4.39 Å². The number of aromatic nitrogens is 5. The summed E-state index contributed by atoms with van der Waals surface area (Å²) < 4.78 is 15.4. The van der Waals surface area contributed by atoms with Crippen LogP contribution >= 0.6 is 0 Å². The number of fused-ring (bicyclic) bond motifs is 1. The normalized spacial score (nSPS) is 11.5. The lowest BCUT2D eigenvalue weighted by Gasteiger charge is -2.17. The van der Waals surface area contributed by atoms with Crippen molar-refractivity contribution >= 4 is 11.2 Å². The summed E-state index contributed by atoms with van der Waals surface area (Å²) in [7, 11) is 1.37. The van der Waals surface area contributed by atoms with Crippen LogP contribution < -0.4 is 16.6 Å². The highest BCUT2D eigenvalue weighted by atomic mass is 19.1. The van der Waals surface area contributed by atoms with Gasteiger partial charge in [-0.05, 0) is 56.9 Å². The lowest BCUT2D eigenvalue weighted by Crippen LogP contribution is -2.38. The van der Waals surface area contributed by atoms with Crippen molar-refractivity contribution in [3.05, 3.63) is 56.7 Å². The summed E-state index contributed by atoms with van der Waals surface area (Å²) in [5.74, 6) is -0.0637. The van der Waals surface area contributed by atoms with E-state index in [1.165, 1.54) is 35.9 Å². The Kier molecular flexibility index (Phi) is 7.01. The van der Waals surface area contributed by atoms with Crippen LogP contribution in [0.3, 0.4) is 0 Å². The highest BCUT2D eigenvalue weighted by molar-refractivity contribution is 5.70. The number of nitrogens with one attached hydrogen (secondary N) is 1. The molecule has 0 atom stereocenters. The molecular formula is C20H26FN7O2. The van der Waals surface area contributed by atoms with Gasteiger partial charge >= 0.3 is 5.69 Å². The first-order valence-corrected chi connectivity index (χ1v) is 10.0. The Labute approximate surface area is 173 Å². The molecule has 30 heavy (non-hydrogen) atoms. The van der Waals surface area contributed by atoms with Gasteiger partial charge in [0.1, 0.15) is 5.82 Å². The van der Waals surface area contributed by atoms with Crippen LogP contribution in [0.25, 0.3) is 16.9 Å². The lowest BCUT2D eigenvalue weighted by atomic mass is 10.3. The Hall–Kier alpha value is -2.98. The second kappa shape index (κ2) is 9.68. The van der Waals surface area contributed by atoms with E-state index in [2.05, 4.69) is 39.2 Å². The summed E-state index contributed by atoms with van der Waals surface area (Å²) in [5.41, 5.74) is -0.694. The number of nitrogens with zero attached hydrogens (tertiary/aromatic N) is 6. The van der Waals surface area contributed by atoms with Gasteiger partial charge in [-0.2, -0.15) is 0 Å². The molecular weight excluding hydrogens is 389 g/mol. The average molecular weight is 415 g/mol. The number of halogens is 1. The number of rotatable bonds is 9. The van der Waals surface area contributed by atoms with E-state index in [0.717, 1.165) is 37.2 Å². The largest absolute Gasteiger partial charge is 0.337 e. The molecule has 0 radical (unpaired) electrons. The molecule has 0 unspecified atom stereocenters. The van der Waals surface area contributed by atoms with Gasteiger partial charge in [0, 0.05) is 7.05 Å². The van der Waals surface area contributed by atoms with Crippen LogP contribution in [0.1, 0.15) is 26.1 Å². The first-order chi connectivity index (χ1) is 14.5. The van der Waals surface area contributed by atoms with E-state index in [0.29, 0.717) is 18.1 Å². The molecule has 1 N–H and O–H groups in total. The van der Waals surface area contributed by atoms with Crippen molar-refractivity contribution in [2.24, 2.45) is 7.05 Å². The van der Waals surface area contributed by atoms with Crippen molar-refractivity contribution in [2.45, 2.75) is 26.8 Å². The Balaban J connectivity index is 1.85. The molecule has 9 nitrogen and oxygen atoms in total. The minimum absolute atomic E-state index is 0.0383. The Bertz CT molecular complexity index is 1120. The molecule has 0 fully saturated rings. The summed E-state index contributed by atoms with van der Waals surface area (Å²) in [5, 5.41) is 11.4. The minimum atomic E-state index is -0.600. The fourth-order valence-electron chi connectivity index (χ4n) is 3.20. The number of hydrogen-bond donors (Lipinski definition) is 1. The molecule has 160 valence electrons. The van der Waals surface area contributed by atoms with Gasteiger partial charge in [0.15, 0.2) is 17.0 Å². The summed E-state index contributed by atoms with van der Waals surface area (Å²) in [4.78, 5) is 31.9. The van der Waals surface area contributed by atoms with Crippen LogP contribution in [0.2, 0.25) is 0 Å². The van der Waals surface area contributed by atoms with Crippen LogP contribution in [0.4, 0.5) is 4.39 Å². The predicted octanol–water partition coefficient (Wildman–Crippen LogP) is 0.835. The first kappa shape index (κ1) is 21.7. The second-order valence-electron chi connectivity index (χ2n) is 6.92. The van der Waals surface area contributed by atoms with E-state index >= 15 is 0 Å². The summed E-state index contributed by atoms with van der Waals surface area (Å²) in [6.45, 7) is 8.46. The van der Waals surface area contributed by atoms with E-state index < -0.39 is 17.1 Å². The van der Waals surface area contributed by atoms with Gasteiger partial charge in [-0.1, -0.05) is 13.8 Å². The standard InChI is InChI=1S/C20H26FN7O2/c1-4-27(5-2)12-6-11-22-13-16-23-17-18(25-24-16)28(20(30)26(3)19(17)29)15-9-7-14(21)8-10-15/h7-10,22H,4-6,11-13H2,1-3H3. The monoisotopic (exact) mass is 415 g/mol. The van der Waals surface area contributed by atoms with Gasteiger partial charge in [0.2, 0.25) is 0 Å². The molecule has 0 bridgehead atoms. The van der Waals surface area contributed by atoms with Crippen molar-refractivity contribution in [1.29, 1.82) is 0 Å². The molecule has 0 amide bonds. The highest BCUT2D eigenvalue weighted by Gasteiger charge is 2.16. The van der Waals surface area contributed by atoms with Crippen LogP contribution in [0.5, 0.6) is 0 Å². The Morgan fingerprint density at radius 3 is 2.47 bits per heavy atom. The van der Waals surface area contributed by atoms with Gasteiger partial charge < -0.3 is 10.2 Å². The lowest BCUT2D eigenvalue weighted by molar-refractivity contribution is 0.297. The maximum atomic E-state index is 13.3. The molecule has 0 aliphatic carbocycles. The average Bonchev–Trinajstić information content (AvgIpc) is 2.76. The Morgan fingerprint density at radius 2 is 1.80 bits per heavy atom. The van der Waals surface area contributed by atoms with Gasteiger partial charge in [0.25, 0.3) is 5.56 Å².